The number of ketones is 1. The van der Waals surface area contributed by atoms with Gasteiger partial charge in [0.15, 0.2) is 5.78 Å². The van der Waals surface area contributed by atoms with E-state index in [4.69, 9.17) is 5.11 Å². The molecular weight excluding hydrogens is 644 g/mol. The van der Waals surface area contributed by atoms with Gasteiger partial charge in [-0.1, -0.05) is 47.3 Å². The number of alkyl halides is 2. The molecule has 0 saturated heterocycles. The monoisotopic (exact) mass is 665 g/mol. The average molecular weight is 665 g/mol. The van der Waals surface area contributed by atoms with E-state index in [0.29, 0.717) is 22.0 Å². The first-order valence-corrected chi connectivity index (χ1v) is 10.8. The van der Waals surface area contributed by atoms with E-state index in [2.05, 4.69) is 11.1 Å². The summed E-state index contributed by atoms with van der Waals surface area (Å²) in [5.74, 6) is -0.363. The number of hydrogen-bond donors (Lipinski definition) is 1. The van der Waals surface area contributed by atoms with Gasteiger partial charge in [-0.3, -0.25) is 9.78 Å². The van der Waals surface area contributed by atoms with E-state index >= 15 is 0 Å². The van der Waals surface area contributed by atoms with Gasteiger partial charge in [0, 0.05) is 38.1 Å². The minimum absolute atomic E-state index is 0. The van der Waals surface area contributed by atoms with Gasteiger partial charge in [-0.25, -0.2) is 13.2 Å². The van der Waals surface area contributed by atoms with Crippen LogP contribution in [0.4, 0.5) is 13.2 Å². The molecule has 5 rings (SSSR count). The molecule has 0 fully saturated rings. The van der Waals surface area contributed by atoms with E-state index in [-0.39, 0.29) is 43.0 Å². The molecule has 0 aliphatic carbocycles. The molecule has 0 aliphatic rings. The molecule has 0 amide bonds. The number of rotatable bonds is 3. The van der Waals surface area contributed by atoms with Crippen LogP contribution in [0.5, 0.6) is 0 Å². The number of pyridine rings is 1. The second-order valence-electron chi connectivity index (χ2n) is 8.07. The summed E-state index contributed by atoms with van der Waals surface area (Å²) in [5, 5.41) is 12.8. The van der Waals surface area contributed by atoms with Gasteiger partial charge >= 0.3 is 0 Å². The molecule has 0 saturated carbocycles. The number of halogens is 3. The van der Waals surface area contributed by atoms with Gasteiger partial charge in [0.2, 0.25) is 0 Å². The molecule has 0 spiro atoms. The standard InChI is InChI=1S/C24H13F3N.C5H8O2.Ir/c25-17-6-8-19-15(12-17)5-7-21-20(19)9-10-28-23(21)16-11-14-3-1-2-4-18(14)22(13-16)24(26)27;1-4(6)3-5(2)7;/h1-10,12-13,24H;3,6H,1-2H3;/q-1;;/b;4-3-;. The summed E-state index contributed by atoms with van der Waals surface area (Å²) in [6.45, 7) is 2.85. The number of fused-ring (bicyclic) bond motifs is 4. The number of aliphatic hydroxyl groups excluding tert-OH is 1. The fraction of sp³-hybridized carbons (Fsp3) is 0.103. The third-order valence-electron chi connectivity index (χ3n) is 5.43. The Morgan fingerprint density at radius 3 is 2.33 bits per heavy atom. The number of carbonyl (C=O) groups is 1. The molecule has 5 aromatic rings. The number of aliphatic hydroxyl groups is 1. The Morgan fingerprint density at radius 2 is 1.67 bits per heavy atom. The Hall–Kier alpha value is -3.54. The van der Waals surface area contributed by atoms with Crippen molar-refractivity contribution in [1.82, 2.24) is 4.98 Å². The predicted molar refractivity (Wildman–Crippen MR) is 133 cm³/mol. The Labute approximate surface area is 219 Å². The molecule has 1 aromatic heterocycles. The number of hydrogen-bond acceptors (Lipinski definition) is 3. The van der Waals surface area contributed by atoms with Crippen LogP contribution >= 0.6 is 0 Å². The first kappa shape index (κ1) is 27.1. The fourth-order valence-corrected chi connectivity index (χ4v) is 4.04. The van der Waals surface area contributed by atoms with Crippen molar-refractivity contribution < 1.29 is 43.2 Å². The number of benzene rings is 4. The van der Waals surface area contributed by atoms with Gasteiger partial charge in [0.25, 0.3) is 6.43 Å². The first-order chi connectivity index (χ1) is 16.7. The van der Waals surface area contributed by atoms with Crippen LogP contribution in [0, 0.1) is 11.9 Å². The van der Waals surface area contributed by atoms with E-state index in [1.165, 1.54) is 38.1 Å². The van der Waals surface area contributed by atoms with E-state index < -0.39 is 6.43 Å². The zero-order chi connectivity index (χ0) is 25.1. The van der Waals surface area contributed by atoms with Crippen LogP contribution in [-0.4, -0.2) is 15.9 Å². The number of carbonyl (C=O) groups excluding carboxylic acids is 1. The normalized spacial score (nSPS) is 11.3. The van der Waals surface area contributed by atoms with Crippen molar-refractivity contribution in [1.29, 1.82) is 0 Å². The third-order valence-corrected chi connectivity index (χ3v) is 5.43. The van der Waals surface area contributed by atoms with E-state index in [9.17, 15) is 18.0 Å². The van der Waals surface area contributed by atoms with Crippen molar-refractivity contribution in [3.63, 3.8) is 0 Å². The summed E-state index contributed by atoms with van der Waals surface area (Å²) in [5.41, 5.74) is 1.06. The molecular formula is C29H21F3IrNO2-. The number of aromatic nitrogens is 1. The van der Waals surface area contributed by atoms with Crippen molar-refractivity contribution in [2.24, 2.45) is 0 Å². The molecule has 1 radical (unpaired) electrons. The van der Waals surface area contributed by atoms with Crippen LogP contribution < -0.4 is 0 Å². The van der Waals surface area contributed by atoms with Crippen molar-refractivity contribution in [3.05, 3.63) is 102 Å². The molecule has 0 bridgehead atoms. The van der Waals surface area contributed by atoms with Crippen molar-refractivity contribution in [2.75, 3.05) is 0 Å². The van der Waals surface area contributed by atoms with Gasteiger partial charge in [-0.2, -0.15) is 0 Å². The average Bonchev–Trinajstić information content (AvgIpc) is 2.82. The molecule has 36 heavy (non-hydrogen) atoms. The fourth-order valence-electron chi connectivity index (χ4n) is 4.04. The summed E-state index contributed by atoms with van der Waals surface area (Å²) in [6, 6.07) is 21.8. The smallest absolute Gasteiger partial charge is 0.251 e. The SMILES string of the molecule is CC(=O)/C=C(/C)O.Fc1ccc2c(ccc3c(-c4[c-]c5ccccc5c(C(F)F)c4)nccc32)c1.[Ir]. The van der Waals surface area contributed by atoms with Crippen molar-refractivity contribution >= 4 is 38.1 Å². The Bertz CT molecular complexity index is 1590. The van der Waals surface area contributed by atoms with Crippen LogP contribution in [0.3, 0.4) is 0 Å². The van der Waals surface area contributed by atoms with Gasteiger partial charge in [-0.05, 0) is 59.2 Å². The van der Waals surface area contributed by atoms with Gasteiger partial charge in [0.1, 0.15) is 5.82 Å². The number of nitrogens with zero attached hydrogens (tertiary/aromatic N) is 1. The van der Waals surface area contributed by atoms with Crippen LogP contribution in [-0.2, 0) is 24.9 Å². The summed E-state index contributed by atoms with van der Waals surface area (Å²) in [6.07, 6.45) is 0.211. The molecule has 1 N–H and O–H groups in total. The van der Waals surface area contributed by atoms with E-state index in [1.807, 2.05) is 18.2 Å². The second-order valence-corrected chi connectivity index (χ2v) is 8.07. The van der Waals surface area contributed by atoms with Gasteiger partial charge < -0.3 is 5.11 Å². The zero-order valence-corrected chi connectivity index (χ0v) is 21.7. The summed E-state index contributed by atoms with van der Waals surface area (Å²) in [7, 11) is 0. The topological polar surface area (TPSA) is 50.2 Å². The minimum atomic E-state index is -2.60. The van der Waals surface area contributed by atoms with Crippen LogP contribution in [0.15, 0.2) is 84.8 Å². The van der Waals surface area contributed by atoms with Crippen molar-refractivity contribution in [2.45, 2.75) is 20.3 Å². The van der Waals surface area contributed by atoms with E-state index in [1.54, 1.807) is 36.5 Å². The van der Waals surface area contributed by atoms with E-state index in [0.717, 1.165) is 21.5 Å². The van der Waals surface area contributed by atoms with Crippen molar-refractivity contribution in [3.8, 4) is 11.3 Å². The van der Waals surface area contributed by atoms with Gasteiger partial charge in [-0.15, -0.1) is 23.6 Å². The Balaban J connectivity index is 0.000000400. The summed E-state index contributed by atoms with van der Waals surface area (Å²) in [4.78, 5) is 14.5. The predicted octanol–water partition coefficient (Wildman–Crippen LogP) is 8.12. The summed E-state index contributed by atoms with van der Waals surface area (Å²) >= 11 is 0. The Morgan fingerprint density at radius 1 is 0.944 bits per heavy atom. The van der Waals surface area contributed by atoms with Crippen LogP contribution in [0.25, 0.3) is 43.6 Å². The van der Waals surface area contributed by atoms with Crippen LogP contribution in [0.2, 0.25) is 0 Å². The largest absolute Gasteiger partial charge is 0.512 e. The Kier molecular flexibility index (Phi) is 8.61. The number of allylic oxidation sites excluding steroid dienone is 2. The quantitative estimate of drug-likeness (QED) is 0.0918. The molecule has 3 nitrogen and oxygen atoms in total. The molecule has 1 heterocycles. The molecule has 7 heteroatoms. The van der Waals surface area contributed by atoms with Gasteiger partial charge in [0.05, 0.1) is 5.76 Å². The molecule has 0 atom stereocenters. The van der Waals surface area contributed by atoms with Crippen LogP contribution in [0.1, 0.15) is 25.8 Å². The summed E-state index contributed by atoms with van der Waals surface area (Å²) < 4.78 is 40.9. The maximum Gasteiger partial charge on any atom is 0.251 e. The third kappa shape index (κ3) is 5.81. The molecule has 185 valence electrons. The zero-order valence-electron chi connectivity index (χ0n) is 19.4. The maximum atomic E-state index is 13.7. The molecule has 4 aromatic carbocycles. The second kappa shape index (κ2) is 11.5. The first-order valence-electron chi connectivity index (χ1n) is 10.8. The molecule has 0 aliphatic heterocycles. The maximum absolute atomic E-state index is 13.7. The minimum Gasteiger partial charge on any atom is -0.512 e. The molecule has 0 unspecified atom stereocenters.